The van der Waals surface area contributed by atoms with Crippen LogP contribution in [0.1, 0.15) is 41.5 Å². The van der Waals surface area contributed by atoms with E-state index in [4.69, 9.17) is 12.2 Å². The Balaban J connectivity index is 4.20. The summed E-state index contributed by atoms with van der Waals surface area (Å²) in [5.41, 5.74) is 0.248. The molecule has 0 aromatic carbocycles. The molecule has 1 unspecified atom stereocenters. The van der Waals surface area contributed by atoms with Gasteiger partial charge >= 0.3 is 0 Å². The number of nitrogens with one attached hydrogen (secondary N) is 1. The van der Waals surface area contributed by atoms with Crippen LogP contribution in [0.15, 0.2) is 0 Å². The quantitative estimate of drug-likeness (QED) is 0.751. The van der Waals surface area contributed by atoms with E-state index in [9.17, 15) is 0 Å². The van der Waals surface area contributed by atoms with Crippen LogP contribution in [0.4, 0.5) is 0 Å². The molecule has 90 valence electrons. The molecule has 0 aliphatic carbocycles. The zero-order valence-electron chi connectivity index (χ0n) is 11.2. The predicted molar refractivity (Wildman–Crippen MR) is 72.1 cm³/mol. The van der Waals surface area contributed by atoms with Crippen LogP contribution in [-0.4, -0.2) is 29.6 Å². The molecule has 0 fully saturated rings. The highest BCUT2D eigenvalue weighted by Crippen LogP contribution is 2.22. The van der Waals surface area contributed by atoms with E-state index in [1.165, 1.54) is 0 Å². The molecule has 2 nitrogen and oxygen atoms in total. The Bertz CT molecular complexity index is 206. The van der Waals surface area contributed by atoms with Crippen LogP contribution in [0.25, 0.3) is 0 Å². The smallest absolute Gasteiger partial charge is 0.168 e. The third-order valence-electron chi connectivity index (χ3n) is 2.82. The fourth-order valence-corrected chi connectivity index (χ4v) is 1.41. The number of thiocarbonyl (C=S) groups is 1. The van der Waals surface area contributed by atoms with Gasteiger partial charge in [0.05, 0.1) is 0 Å². The SMILES string of the molecule is CC(C)CNC(=S)N(C)C(C)C(C)(C)C. The fourth-order valence-electron chi connectivity index (χ4n) is 1.17. The lowest BCUT2D eigenvalue weighted by Crippen LogP contribution is -2.48. The van der Waals surface area contributed by atoms with Gasteiger partial charge in [0.25, 0.3) is 0 Å². The van der Waals surface area contributed by atoms with Gasteiger partial charge in [-0.3, -0.25) is 0 Å². The van der Waals surface area contributed by atoms with Crippen molar-refractivity contribution in [1.82, 2.24) is 10.2 Å². The summed E-state index contributed by atoms with van der Waals surface area (Å²) in [4.78, 5) is 2.15. The van der Waals surface area contributed by atoms with E-state index in [1.54, 1.807) is 0 Å². The van der Waals surface area contributed by atoms with E-state index in [2.05, 4.69) is 58.8 Å². The first-order chi connectivity index (χ1) is 6.66. The normalized spacial score (nSPS) is 13.9. The van der Waals surface area contributed by atoms with Crippen LogP contribution in [0.5, 0.6) is 0 Å². The summed E-state index contributed by atoms with van der Waals surface area (Å²) in [7, 11) is 2.06. The van der Waals surface area contributed by atoms with Gasteiger partial charge in [0.15, 0.2) is 5.11 Å². The Hall–Kier alpha value is -0.310. The van der Waals surface area contributed by atoms with Crippen LogP contribution in [0.2, 0.25) is 0 Å². The predicted octanol–water partition coefficient (Wildman–Crippen LogP) is 2.88. The topological polar surface area (TPSA) is 15.3 Å². The molecule has 1 N–H and O–H groups in total. The van der Waals surface area contributed by atoms with Crippen LogP contribution < -0.4 is 5.32 Å². The van der Waals surface area contributed by atoms with Crippen molar-refractivity contribution in [3.05, 3.63) is 0 Å². The lowest BCUT2D eigenvalue weighted by atomic mass is 9.87. The van der Waals surface area contributed by atoms with E-state index in [0.717, 1.165) is 11.7 Å². The summed E-state index contributed by atoms with van der Waals surface area (Å²) in [6.07, 6.45) is 0. The van der Waals surface area contributed by atoms with Gasteiger partial charge < -0.3 is 10.2 Å². The first-order valence-electron chi connectivity index (χ1n) is 5.67. The fraction of sp³-hybridized carbons (Fsp3) is 0.917. The summed E-state index contributed by atoms with van der Waals surface area (Å²) >= 11 is 5.36. The monoisotopic (exact) mass is 230 g/mol. The van der Waals surface area contributed by atoms with Crippen LogP contribution in [0.3, 0.4) is 0 Å². The molecular weight excluding hydrogens is 204 g/mol. The number of nitrogens with zero attached hydrogens (tertiary/aromatic N) is 1. The number of hydrogen-bond donors (Lipinski definition) is 1. The Morgan fingerprint density at radius 2 is 1.73 bits per heavy atom. The molecule has 3 heteroatoms. The van der Waals surface area contributed by atoms with Crippen molar-refractivity contribution in [3.63, 3.8) is 0 Å². The molecule has 0 aliphatic rings. The van der Waals surface area contributed by atoms with E-state index >= 15 is 0 Å². The zero-order valence-corrected chi connectivity index (χ0v) is 12.0. The number of hydrogen-bond acceptors (Lipinski definition) is 1. The summed E-state index contributed by atoms with van der Waals surface area (Å²) in [6.45, 7) is 14.2. The lowest BCUT2D eigenvalue weighted by Gasteiger charge is -2.37. The Labute approximate surface area is 100 Å². The van der Waals surface area contributed by atoms with Gasteiger partial charge in [0.1, 0.15) is 0 Å². The molecule has 0 saturated carbocycles. The van der Waals surface area contributed by atoms with Gasteiger partial charge in [-0.2, -0.15) is 0 Å². The minimum atomic E-state index is 0.248. The number of rotatable bonds is 3. The summed E-state index contributed by atoms with van der Waals surface area (Å²) in [6, 6.07) is 0.435. The molecule has 0 rings (SSSR count). The summed E-state index contributed by atoms with van der Waals surface area (Å²) in [5.74, 6) is 0.626. The van der Waals surface area contributed by atoms with Gasteiger partial charge in [0.2, 0.25) is 0 Å². The first kappa shape index (κ1) is 14.7. The zero-order chi connectivity index (χ0) is 12.2. The van der Waals surface area contributed by atoms with Crippen molar-refractivity contribution in [2.75, 3.05) is 13.6 Å². The Morgan fingerprint density at radius 1 is 1.27 bits per heavy atom. The minimum Gasteiger partial charge on any atom is -0.362 e. The third kappa shape index (κ3) is 5.36. The molecular formula is C12H26N2S. The van der Waals surface area contributed by atoms with E-state index in [0.29, 0.717) is 12.0 Å². The van der Waals surface area contributed by atoms with Crippen LogP contribution >= 0.6 is 12.2 Å². The average Bonchev–Trinajstić information content (AvgIpc) is 2.10. The molecule has 1 atom stereocenters. The molecule has 0 heterocycles. The van der Waals surface area contributed by atoms with Crippen molar-refractivity contribution < 1.29 is 0 Å². The van der Waals surface area contributed by atoms with Crippen molar-refractivity contribution >= 4 is 17.3 Å². The van der Waals surface area contributed by atoms with Gasteiger partial charge in [-0.15, -0.1) is 0 Å². The van der Waals surface area contributed by atoms with E-state index < -0.39 is 0 Å². The van der Waals surface area contributed by atoms with Gasteiger partial charge in [-0.1, -0.05) is 34.6 Å². The van der Waals surface area contributed by atoms with Crippen molar-refractivity contribution in [2.24, 2.45) is 11.3 Å². The van der Waals surface area contributed by atoms with Crippen LogP contribution in [-0.2, 0) is 0 Å². The maximum Gasteiger partial charge on any atom is 0.168 e. The highest BCUT2D eigenvalue weighted by Gasteiger charge is 2.25. The van der Waals surface area contributed by atoms with Gasteiger partial charge in [-0.25, -0.2) is 0 Å². The maximum absolute atomic E-state index is 5.36. The standard InChI is InChI=1S/C12H26N2S/c1-9(2)8-13-11(15)14(7)10(3)12(4,5)6/h9-10H,8H2,1-7H3,(H,13,15). The van der Waals surface area contributed by atoms with Gasteiger partial charge in [0, 0.05) is 19.6 Å². The second-order valence-corrected chi connectivity index (χ2v) is 6.12. The lowest BCUT2D eigenvalue weighted by molar-refractivity contribution is 0.206. The van der Waals surface area contributed by atoms with E-state index in [1.807, 2.05) is 0 Å². The summed E-state index contributed by atoms with van der Waals surface area (Å²) < 4.78 is 0. The van der Waals surface area contributed by atoms with Crippen molar-refractivity contribution in [2.45, 2.75) is 47.6 Å². The first-order valence-corrected chi connectivity index (χ1v) is 6.07. The largest absolute Gasteiger partial charge is 0.362 e. The minimum absolute atomic E-state index is 0.248. The molecule has 0 amide bonds. The molecule has 0 aromatic rings. The third-order valence-corrected chi connectivity index (χ3v) is 3.25. The molecule has 0 spiro atoms. The highest BCUT2D eigenvalue weighted by atomic mass is 32.1. The molecule has 0 radical (unpaired) electrons. The Morgan fingerprint density at radius 3 is 2.07 bits per heavy atom. The van der Waals surface area contributed by atoms with Crippen molar-refractivity contribution in [1.29, 1.82) is 0 Å². The highest BCUT2D eigenvalue weighted by molar-refractivity contribution is 7.80. The Kier molecular flexibility index (Phi) is 5.57. The molecule has 0 aromatic heterocycles. The van der Waals surface area contributed by atoms with Crippen molar-refractivity contribution in [3.8, 4) is 0 Å². The van der Waals surface area contributed by atoms with Crippen LogP contribution in [0, 0.1) is 11.3 Å². The molecule has 0 aliphatic heterocycles. The molecule has 0 bridgehead atoms. The maximum atomic E-state index is 5.36. The second-order valence-electron chi connectivity index (χ2n) is 5.73. The second kappa shape index (κ2) is 5.69. The average molecular weight is 230 g/mol. The molecule has 0 saturated heterocycles. The van der Waals surface area contributed by atoms with E-state index in [-0.39, 0.29) is 5.41 Å². The van der Waals surface area contributed by atoms with Gasteiger partial charge in [-0.05, 0) is 30.5 Å². The molecule has 15 heavy (non-hydrogen) atoms. The summed E-state index contributed by atoms with van der Waals surface area (Å²) in [5, 5.41) is 4.15.